The molecule has 104 valence electrons. The summed E-state index contributed by atoms with van der Waals surface area (Å²) in [5, 5.41) is 0. The number of carbonyl (C=O) groups is 1. The van der Waals surface area contributed by atoms with Crippen molar-refractivity contribution in [2.24, 2.45) is 0 Å². The quantitative estimate of drug-likeness (QED) is 0.876. The van der Waals surface area contributed by atoms with Crippen LogP contribution >= 0.6 is 11.3 Å². The normalized spacial score (nSPS) is 13.2. The molecule has 2 N–H and O–H groups in total. The first-order chi connectivity index (χ1) is 9.69. The van der Waals surface area contributed by atoms with Crippen molar-refractivity contribution in [1.29, 1.82) is 0 Å². The molecule has 0 aliphatic heterocycles. The highest BCUT2D eigenvalue weighted by atomic mass is 32.1. The summed E-state index contributed by atoms with van der Waals surface area (Å²) in [6, 6.07) is 8.40. The van der Waals surface area contributed by atoms with Gasteiger partial charge in [-0.1, -0.05) is 18.2 Å². The predicted octanol–water partition coefficient (Wildman–Crippen LogP) is 3.66. The summed E-state index contributed by atoms with van der Waals surface area (Å²) in [5.74, 6) is -0.331. The van der Waals surface area contributed by atoms with E-state index in [0.717, 1.165) is 16.9 Å². The number of hydrogen-bond acceptors (Lipinski definition) is 4. The first-order valence-electron chi connectivity index (χ1n) is 6.87. The Morgan fingerprint density at radius 2 is 2.10 bits per heavy atom. The largest absolute Gasteiger partial charge is 0.462 e. The van der Waals surface area contributed by atoms with E-state index in [1.807, 2.05) is 6.07 Å². The molecule has 1 aliphatic carbocycles. The topological polar surface area (TPSA) is 52.3 Å². The fourth-order valence-corrected chi connectivity index (χ4v) is 3.60. The van der Waals surface area contributed by atoms with Gasteiger partial charge in [0.05, 0.1) is 12.3 Å². The number of benzene rings is 1. The van der Waals surface area contributed by atoms with Gasteiger partial charge in [-0.3, -0.25) is 0 Å². The van der Waals surface area contributed by atoms with E-state index < -0.39 is 0 Å². The molecule has 1 heterocycles. The van der Waals surface area contributed by atoms with Gasteiger partial charge in [0.1, 0.15) is 4.88 Å². The molecule has 1 aromatic heterocycles. The summed E-state index contributed by atoms with van der Waals surface area (Å²) in [7, 11) is 0. The van der Waals surface area contributed by atoms with E-state index in [0.29, 0.717) is 17.2 Å². The van der Waals surface area contributed by atoms with Crippen LogP contribution in [0.5, 0.6) is 0 Å². The van der Waals surface area contributed by atoms with Crippen molar-refractivity contribution in [2.45, 2.75) is 26.2 Å². The average molecular weight is 287 g/mol. The summed E-state index contributed by atoms with van der Waals surface area (Å²) < 4.78 is 5.02. The molecule has 1 aromatic carbocycles. The second-order valence-electron chi connectivity index (χ2n) is 4.95. The molecular weight excluding hydrogens is 270 g/mol. The number of aryl methyl sites for hydroxylation is 2. The van der Waals surface area contributed by atoms with Gasteiger partial charge in [0.2, 0.25) is 0 Å². The number of nitrogen functional groups attached to an aromatic ring is 1. The van der Waals surface area contributed by atoms with Gasteiger partial charge in [-0.2, -0.15) is 0 Å². The van der Waals surface area contributed by atoms with Gasteiger partial charge < -0.3 is 10.5 Å². The zero-order valence-electron chi connectivity index (χ0n) is 11.4. The van der Waals surface area contributed by atoms with Crippen LogP contribution in [0.1, 0.15) is 34.1 Å². The minimum absolute atomic E-state index is 0.331. The number of fused-ring (bicyclic) bond motifs is 1. The van der Waals surface area contributed by atoms with Crippen LogP contribution in [0.2, 0.25) is 0 Å². The van der Waals surface area contributed by atoms with E-state index in [4.69, 9.17) is 10.5 Å². The summed E-state index contributed by atoms with van der Waals surface area (Å²) >= 11 is 1.41. The van der Waals surface area contributed by atoms with Crippen LogP contribution in [0.4, 0.5) is 5.69 Å². The number of ether oxygens (including phenoxy) is 1. The molecule has 0 bridgehead atoms. The first kappa shape index (κ1) is 13.2. The molecule has 0 fully saturated rings. The molecule has 20 heavy (non-hydrogen) atoms. The molecule has 2 aromatic rings. The lowest BCUT2D eigenvalue weighted by atomic mass is 10.1. The maximum Gasteiger partial charge on any atom is 0.350 e. The van der Waals surface area contributed by atoms with Crippen molar-refractivity contribution in [2.75, 3.05) is 12.3 Å². The molecule has 0 saturated carbocycles. The summed E-state index contributed by atoms with van der Waals surface area (Å²) in [5.41, 5.74) is 10.4. The van der Waals surface area contributed by atoms with Crippen molar-refractivity contribution >= 4 is 23.0 Å². The van der Waals surface area contributed by atoms with Crippen molar-refractivity contribution in [3.63, 3.8) is 0 Å². The highest BCUT2D eigenvalue weighted by Crippen LogP contribution is 2.35. The van der Waals surface area contributed by atoms with E-state index in [-0.39, 0.29) is 5.97 Å². The summed E-state index contributed by atoms with van der Waals surface area (Å²) in [4.78, 5) is 13.3. The zero-order valence-corrected chi connectivity index (χ0v) is 12.3. The number of esters is 1. The molecule has 4 heteroatoms. The SMILES string of the molecule is CCOC(=O)c1sc(-c2ccc3c(c2)CCC3)cc1N. The Morgan fingerprint density at radius 1 is 1.30 bits per heavy atom. The van der Waals surface area contributed by atoms with Crippen molar-refractivity contribution in [3.05, 3.63) is 40.3 Å². The van der Waals surface area contributed by atoms with Gasteiger partial charge in [-0.05, 0) is 48.9 Å². The standard InChI is InChI=1S/C16H17NO2S/c1-2-19-16(18)15-13(17)9-14(20-15)12-7-6-10-4-3-5-11(10)8-12/h6-9H,2-5,17H2,1H3. The molecular formula is C16H17NO2S. The molecule has 0 radical (unpaired) electrons. The molecule has 0 atom stereocenters. The lowest BCUT2D eigenvalue weighted by Gasteiger charge is -2.02. The van der Waals surface area contributed by atoms with Crippen LogP contribution in [-0.2, 0) is 17.6 Å². The maximum atomic E-state index is 11.8. The lowest BCUT2D eigenvalue weighted by molar-refractivity contribution is 0.0533. The minimum atomic E-state index is -0.331. The Morgan fingerprint density at radius 3 is 2.90 bits per heavy atom. The average Bonchev–Trinajstić information content (AvgIpc) is 3.04. The van der Waals surface area contributed by atoms with Gasteiger partial charge in [-0.15, -0.1) is 11.3 Å². The van der Waals surface area contributed by atoms with Crippen LogP contribution in [-0.4, -0.2) is 12.6 Å². The fraction of sp³-hybridized carbons (Fsp3) is 0.312. The molecule has 1 aliphatic rings. The smallest absolute Gasteiger partial charge is 0.350 e. The lowest BCUT2D eigenvalue weighted by Crippen LogP contribution is -2.04. The van der Waals surface area contributed by atoms with Crippen LogP contribution < -0.4 is 5.73 Å². The number of hydrogen-bond donors (Lipinski definition) is 1. The van der Waals surface area contributed by atoms with Crippen molar-refractivity contribution in [3.8, 4) is 10.4 Å². The Balaban J connectivity index is 1.95. The number of rotatable bonds is 3. The highest BCUT2D eigenvalue weighted by molar-refractivity contribution is 7.18. The van der Waals surface area contributed by atoms with Crippen molar-refractivity contribution in [1.82, 2.24) is 0 Å². The van der Waals surface area contributed by atoms with Crippen LogP contribution in [0.25, 0.3) is 10.4 Å². The van der Waals surface area contributed by atoms with E-state index >= 15 is 0 Å². The maximum absolute atomic E-state index is 11.8. The van der Waals surface area contributed by atoms with Gasteiger partial charge in [0, 0.05) is 4.88 Å². The van der Waals surface area contributed by atoms with E-state index in [1.54, 1.807) is 6.92 Å². The third-order valence-corrected chi connectivity index (χ3v) is 4.78. The number of nitrogens with two attached hydrogens (primary N) is 1. The summed E-state index contributed by atoms with van der Waals surface area (Å²) in [6.45, 7) is 2.16. The van der Waals surface area contributed by atoms with E-state index in [1.165, 1.54) is 35.3 Å². The van der Waals surface area contributed by atoms with Gasteiger partial charge in [-0.25, -0.2) is 4.79 Å². The van der Waals surface area contributed by atoms with Gasteiger partial charge >= 0.3 is 5.97 Å². The molecule has 0 unspecified atom stereocenters. The van der Waals surface area contributed by atoms with E-state index in [9.17, 15) is 4.79 Å². The zero-order chi connectivity index (χ0) is 14.1. The molecule has 3 nitrogen and oxygen atoms in total. The van der Waals surface area contributed by atoms with E-state index in [2.05, 4.69) is 18.2 Å². The Kier molecular flexibility index (Phi) is 3.49. The Bertz CT molecular complexity index is 660. The van der Waals surface area contributed by atoms with Gasteiger partial charge in [0.25, 0.3) is 0 Å². The highest BCUT2D eigenvalue weighted by Gasteiger charge is 2.17. The number of anilines is 1. The Labute approximate surface area is 122 Å². The molecule has 3 rings (SSSR count). The number of carbonyl (C=O) groups excluding carboxylic acids is 1. The third-order valence-electron chi connectivity index (χ3n) is 3.60. The van der Waals surface area contributed by atoms with Gasteiger partial charge in [0.15, 0.2) is 0 Å². The van der Waals surface area contributed by atoms with Crippen LogP contribution in [0.15, 0.2) is 24.3 Å². The van der Waals surface area contributed by atoms with Crippen LogP contribution in [0, 0.1) is 0 Å². The molecule has 0 saturated heterocycles. The minimum Gasteiger partial charge on any atom is -0.462 e. The van der Waals surface area contributed by atoms with Crippen molar-refractivity contribution < 1.29 is 9.53 Å². The molecule has 0 amide bonds. The monoisotopic (exact) mass is 287 g/mol. The second-order valence-corrected chi connectivity index (χ2v) is 6.00. The third kappa shape index (κ3) is 2.31. The van der Waals surface area contributed by atoms with Crippen LogP contribution in [0.3, 0.4) is 0 Å². The fourth-order valence-electron chi connectivity index (χ4n) is 2.63. The first-order valence-corrected chi connectivity index (χ1v) is 7.69. The predicted molar refractivity (Wildman–Crippen MR) is 82.1 cm³/mol. The Hall–Kier alpha value is -1.81. The number of thiophene rings is 1. The molecule has 0 spiro atoms. The summed E-state index contributed by atoms with van der Waals surface area (Å²) in [6.07, 6.45) is 3.56. The second kappa shape index (κ2) is 5.29.